The van der Waals surface area contributed by atoms with Crippen molar-refractivity contribution in [2.24, 2.45) is 0 Å². The van der Waals surface area contributed by atoms with Crippen molar-refractivity contribution in [2.45, 2.75) is 19.3 Å². The lowest BCUT2D eigenvalue weighted by Crippen LogP contribution is -1.97. The summed E-state index contributed by atoms with van der Waals surface area (Å²) in [5, 5.41) is 3.02. The summed E-state index contributed by atoms with van der Waals surface area (Å²) in [6, 6.07) is 7.59. The lowest BCUT2D eigenvalue weighted by Gasteiger charge is -2.08. The van der Waals surface area contributed by atoms with Gasteiger partial charge in [-0.3, -0.25) is 0 Å². The number of aromatic nitrogens is 1. The van der Waals surface area contributed by atoms with Gasteiger partial charge in [0, 0.05) is 16.4 Å². The lowest BCUT2D eigenvalue weighted by molar-refractivity contribution is 0.625. The zero-order chi connectivity index (χ0) is 12.5. The van der Waals surface area contributed by atoms with Crippen molar-refractivity contribution in [3.63, 3.8) is 0 Å². The van der Waals surface area contributed by atoms with Crippen LogP contribution in [-0.4, -0.2) is 4.98 Å². The van der Waals surface area contributed by atoms with Gasteiger partial charge in [-0.2, -0.15) is 0 Å². The fraction of sp³-hybridized carbons (Fsp3) is 0.214. The molecule has 0 atom stereocenters. The first-order valence-electron chi connectivity index (χ1n) is 5.92. The molecule has 1 aromatic carbocycles. The highest BCUT2D eigenvalue weighted by Crippen LogP contribution is 2.27. The molecule has 92 valence electrons. The maximum Gasteiger partial charge on any atom is 0.166 e. The minimum absolute atomic E-state index is 0.260. The van der Waals surface area contributed by atoms with Gasteiger partial charge >= 0.3 is 0 Å². The van der Waals surface area contributed by atoms with E-state index in [1.807, 2.05) is 6.07 Å². The van der Waals surface area contributed by atoms with Crippen LogP contribution in [0.1, 0.15) is 17.5 Å². The highest BCUT2D eigenvalue weighted by molar-refractivity contribution is 9.10. The maximum absolute atomic E-state index is 13.7. The van der Waals surface area contributed by atoms with Crippen LogP contribution in [0.5, 0.6) is 0 Å². The molecule has 0 aliphatic heterocycles. The number of fused-ring (bicyclic) bond motifs is 1. The molecule has 0 unspecified atom stereocenters. The minimum atomic E-state index is -0.357. The fourth-order valence-corrected chi connectivity index (χ4v) is 2.60. The van der Waals surface area contributed by atoms with Gasteiger partial charge in [-0.05, 0) is 64.5 Å². The Kier molecular flexibility index (Phi) is 3.04. The first kappa shape index (κ1) is 11.7. The Balaban J connectivity index is 1.88. The van der Waals surface area contributed by atoms with Crippen molar-refractivity contribution < 1.29 is 4.39 Å². The summed E-state index contributed by atoms with van der Waals surface area (Å²) >= 11 is 3.19. The lowest BCUT2D eigenvalue weighted by atomic mass is 10.1. The smallest absolute Gasteiger partial charge is 0.166 e. The Morgan fingerprint density at radius 1 is 1.17 bits per heavy atom. The average Bonchev–Trinajstić information content (AvgIpc) is 2.80. The van der Waals surface area contributed by atoms with Gasteiger partial charge in [-0.25, -0.2) is 9.37 Å². The molecule has 0 saturated heterocycles. The van der Waals surface area contributed by atoms with Crippen LogP contribution in [0.3, 0.4) is 0 Å². The van der Waals surface area contributed by atoms with E-state index in [-0.39, 0.29) is 11.6 Å². The van der Waals surface area contributed by atoms with Crippen LogP contribution in [0, 0.1) is 5.82 Å². The van der Waals surface area contributed by atoms with Gasteiger partial charge in [0.15, 0.2) is 11.6 Å². The number of anilines is 2. The number of halogens is 2. The second-order valence-electron chi connectivity index (χ2n) is 4.45. The fourth-order valence-electron chi connectivity index (χ4n) is 2.29. The SMILES string of the molecule is Fc1cc(Br)cnc1Nc1ccc2c(c1)CCC2. The number of nitrogens with one attached hydrogen (secondary N) is 1. The van der Waals surface area contributed by atoms with Crippen molar-refractivity contribution >= 4 is 27.4 Å². The van der Waals surface area contributed by atoms with E-state index in [0.29, 0.717) is 4.47 Å². The number of pyridine rings is 1. The summed E-state index contributed by atoms with van der Waals surface area (Å²) in [6.45, 7) is 0. The molecule has 0 fully saturated rings. The van der Waals surface area contributed by atoms with Crippen molar-refractivity contribution in [3.8, 4) is 0 Å². The minimum Gasteiger partial charge on any atom is -0.338 e. The summed E-state index contributed by atoms with van der Waals surface area (Å²) in [7, 11) is 0. The third kappa shape index (κ3) is 2.25. The Bertz CT molecular complexity index is 598. The third-order valence-corrected chi connectivity index (χ3v) is 3.60. The van der Waals surface area contributed by atoms with E-state index in [4.69, 9.17) is 0 Å². The quantitative estimate of drug-likeness (QED) is 0.899. The molecule has 1 heterocycles. The number of hydrogen-bond acceptors (Lipinski definition) is 2. The van der Waals surface area contributed by atoms with Crippen LogP contribution in [-0.2, 0) is 12.8 Å². The largest absolute Gasteiger partial charge is 0.338 e. The molecular formula is C14H12BrFN2. The van der Waals surface area contributed by atoms with Gasteiger partial charge in [0.25, 0.3) is 0 Å². The van der Waals surface area contributed by atoms with E-state index in [1.165, 1.54) is 23.6 Å². The van der Waals surface area contributed by atoms with Gasteiger partial charge < -0.3 is 5.32 Å². The van der Waals surface area contributed by atoms with Gasteiger partial charge in [-0.15, -0.1) is 0 Å². The Labute approximate surface area is 113 Å². The van der Waals surface area contributed by atoms with Gasteiger partial charge in [0.05, 0.1) is 0 Å². The number of benzene rings is 1. The van der Waals surface area contributed by atoms with E-state index in [2.05, 4.69) is 38.4 Å². The molecular weight excluding hydrogens is 295 g/mol. The van der Waals surface area contributed by atoms with E-state index in [1.54, 1.807) is 6.20 Å². The molecule has 2 aromatic rings. The first-order chi connectivity index (χ1) is 8.72. The van der Waals surface area contributed by atoms with E-state index >= 15 is 0 Å². The number of aryl methyl sites for hydroxylation is 2. The van der Waals surface area contributed by atoms with Crippen LogP contribution in [0.2, 0.25) is 0 Å². The molecule has 2 nitrogen and oxygen atoms in total. The monoisotopic (exact) mass is 306 g/mol. The molecule has 0 amide bonds. The van der Waals surface area contributed by atoms with Gasteiger partial charge in [0.2, 0.25) is 0 Å². The molecule has 1 aliphatic carbocycles. The van der Waals surface area contributed by atoms with E-state index in [0.717, 1.165) is 18.5 Å². The average molecular weight is 307 g/mol. The molecule has 18 heavy (non-hydrogen) atoms. The number of rotatable bonds is 2. The summed E-state index contributed by atoms with van der Waals surface area (Å²) < 4.78 is 14.3. The van der Waals surface area contributed by atoms with Crippen molar-refractivity contribution in [2.75, 3.05) is 5.32 Å². The Hall–Kier alpha value is -1.42. The molecule has 0 saturated carbocycles. The van der Waals surface area contributed by atoms with Crippen LogP contribution in [0.4, 0.5) is 15.9 Å². The van der Waals surface area contributed by atoms with Crippen LogP contribution >= 0.6 is 15.9 Å². The molecule has 1 N–H and O–H groups in total. The molecule has 3 rings (SSSR count). The Morgan fingerprint density at radius 2 is 2.00 bits per heavy atom. The molecule has 4 heteroatoms. The van der Waals surface area contributed by atoms with Crippen molar-refractivity contribution in [1.29, 1.82) is 0 Å². The Morgan fingerprint density at radius 3 is 2.83 bits per heavy atom. The molecule has 1 aliphatic rings. The first-order valence-corrected chi connectivity index (χ1v) is 6.71. The second-order valence-corrected chi connectivity index (χ2v) is 5.36. The number of nitrogens with zero attached hydrogens (tertiary/aromatic N) is 1. The highest BCUT2D eigenvalue weighted by atomic mass is 79.9. The number of hydrogen-bond donors (Lipinski definition) is 1. The second kappa shape index (κ2) is 4.69. The van der Waals surface area contributed by atoms with Crippen LogP contribution < -0.4 is 5.32 Å². The van der Waals surface area contributed by atoms with Gasteiger partial charge in [0.1, 0.15) is 0 Å². The standard InChI is InChI=1S/C14H12BrFN2/c15-11-7-13(16)14(17-8-11)18-12-5-4-9-2-1-3-10(9)6-12/h4-8H,1-3H2,(H,17,18). The topological polar surface area (TPSA) is 24.9 Å². The molecule has 0 spiro atoms. The normalized spacial score (nSPS) is 13.4. The third-order valence-electron chi connectivity index (χ3n) is 3.17. The predicted octanol–water partition coefficient (Wildman–Crippen LogP) is 4.22. The maximum atomic E-state index is 13.7. The zero-order valence-corrected chi connectivity index (χ0v) is 11.3. The van der Waals surface area contributed by atoms with Gasteiger partial charge in [-0.1, -0.05) is 6.07 Å². The highest BCUT2D eigenvalue weighted by Gasteiger charge is 2.11. The van der Waals surface area contributed by atoms with E-state index in [9.17, 15) is 4.39 Å². The van der Waals surface area contributed by atoms with Crippen molar-refractivity contribution in [3.05, 3.63) is 51.9 Å². The van der Waals surface area contributed by atoms with Crippen LogP contribution in [0.15, 0.2) is 34.9 Å². The molecule has 0 radical (unpaired) electrons. The molecule has 1 aromatic heterocycles. The summed E-state index contributed by atoms with van der Waals surface area (Å²) in [6.07, 6.45) is 5.06. The summed E-state index contributed by atoms with van der Waals surface area (Å²) in [5.74, 6) is -0.0963. The zero-order valence-electron chi connectivity index (χ0n) is 9.71. The predicted molar refractivity (Wildman–Crippen MR) is 73.6 cm³/mol. The van der Waals surface area contributed by atoms with E-state index < -0.39 is 0 Å². The summed E-state index contributed by atoms with van der Waals surface area (Å²) in [4.78, 5) is 4.03. The summed E-state index contributed by atoms with van der Waals surface area (Å²) in [5.41, 5.74) is 3.66. The van der Waals surface area contributed by atoms with Crippen LogP contribution in [0.25, 0.3) is 0 Å². The molecule has 0 bridgehead atoms. The van der Waals surface area contributed by atoms with Crippen molar-refractivity contribution in [1.82, 2.24) is 4.98 Å².